The number of aliphatic hydroxyl groups is 1. The SMILES string of the molecule is CNC(=O)c1ccc(S(=O)(=O)NC[C@H](C)O)cc1. The summed E-state index contributed by atoms with van der Waals surface area (Å²) in [5.41, 5.74) is 0.381. The van der Waals surface area contributed by atoms with E-state index in [0.717, 1.165) is 0 Å². The first-order chi connectivity index (χ1) is 8.36. The molecule has 0 aliphatic carbocycles. The van der Waals surface area contributed by atoms with Crippen molar-refractivity contribution in [1.82, 2.24) is 10.0 Å². The third kappa shape index (κ3) is 3.80. The zero-order chi connectivity index (χ0) is 13.8. The first-order valence-corrected chi connectivity index (χ1v) is 6.85. The summed E-state index contributed by atoms with van der Waals surface area (Å²) in [6.45, 7) is 1.43. The highest BCUT2D eigenvalue weighted by Gasteiger charge is 2.15. The van der Waals surface area contributed by atoms with Crippen LogP contribution in [0, 0.1) is 0 Å². The van der Waals surface area contributed by atoms with Gasteiger partial charge in [-0.2, -0.15) is 0 Å². The number of hydrogen-bond acceptors (Lipinski definition) is 4. The fourth-order valence-electron chi connectivity index (χ4n) is 1.24. The van der Waals surface area contributed by atoms with Gasteiger partial charge in [0.05, 0.1) is 11.0 Å². The van der Waals surface area contributed by atoms with Crippen molar-refractivity contribution >= 4 is 15.9 Å². The number of aliphatic hydroxyl groups excluding tert-OH is 1. The molecule has 100 valence electrons. The van der Waals surface area contributed by atoms with E-state index < -0.39 is 16.1 Å². The molecule has 1 aromatic rings. The lowest BCUT2D eigenvalue weighted by Gasteiger charge is -2.08. The van der Waals surface area contributed by atoms with Gasteiger partial charge in [0.25, 0.3) is 5.91 Å². The van der Waals surface area contributed by atoms with Crippen LogP contribution >= 0.6 is 0 Å². The second kappa shape index (κ2) is 5.94. The molecule has 6 nitrogen and oxygen atoms in total. The van der Waals surface area contributed by atoms with E-state index in [9.17, 15) is 13.2 Å². The summed E-state index contributed by atoms with van der Waals surface area (Å²) in [5.74, 6) is -0.282. The maximum atomic E-state index is 11.8. The van der Waals surface area contributed by atoms with Crippen molar-refractivity contribution < 1.29 is 18.3 Å². The number of hydrogen-bond donors (Lipinski definition) is 3. The summed E-state index contributed by atoms with van der Waals surface area (Å²) in [4.78, 5) is 11.3. The molecule has 0 fully saturated rings. The van der Waals surface area contributed by atoms with E-state index in [1.54, 1.807) is 0 Å². The van der Waals surface area contributed by atoms with Crippen molar-refractivity contribution in [2.75, 3.05) is 13.6 Å². The summed E-state index contributed by atoms with van der Waals surface area (Å²) in [6.07, 6.45) is -0.759. The molecule has 3 N–H and O–H groups in total. The second-order valence-electron chi connectivity index (χ2n) is 3.80. The van der Waals surface area contributed by atoms with Crippen LogP contribution in [0.4, 0.5) is 0 Å². The fourth-order valence-corrected chi connectivity index (χ4v) is 2.37. The molecule has 7 heteroatoms. The molecule has 1 rings (SSSR count). The van der Waals surface area contributed by atoms with Crippen LogP contribution in [0.2, 0.25) is 0 Å². The Hall–Kier alpha value is -1.44. The molecule has 0 bridgehead atoms. The van der Waals surface area contributed by atoms with Crippen molar-refractivity contribution in [3.8, 4) is 0 Å². The summed E-state index contributed by atoms with van der Waals surface area (Å²) in [7, 11) is -2.15. The molecular weight excluding hydrogens is 256 g/mol. The van der Waals surface area contributed by atoms with E-state index >= 15 is 0 Å². The Bertz CT molecular complexity index is 508. The molecule has 1 atom stereocenters. The Morgan fingerprint density at radius 1 is 1.33 bits per heavy atom. The molecule has 0 aliphatic rings. The van der Waals surface area contributed by atoms with Gasteiger partial charge in [-0.15, -0.1) is 0 Å². The van der Waals surface area contributed by atoms with Gasteiger partial charge in [0.15, 0.2) is 0 Å². The number of sulfonamides is 1. The van der Waals surface area contributed by atoms with Crippen molar-refractivity contribution in [2.45, 2.75) is 17.9 Å². The van der Waals surface area contributed by atoms with E-state index in [0.29, 0.717) is 5.56 Å². The minimum Gasteiger partial charge on any atom is -0.392 e. The highest BCUT2D eigenvalue weighted by molar-refractivity contribution is 7.89. The maximum absolute atomic E-state index is 11.8. The Morgan fingerprint density at radius 3 is 2.33 bits per heavy atom. The van der Waals surface area contributed by atoms with Crippen LogP contribution in [0.5, 0.6) is 0 Å². The van der Waals surface area contributed by atoms with Gasteiger partial charge in [-0.1, -0.05) is 0 Å². The van der Waals surface area contributed by atoms with Gasteiger partial charge in [0, 0.05) is 19.2 Å². The number of nitrogens with one attached hydrogen (secondary N) is 2. The Morgan fingerprint density at radius 2 is 1.89 bits per heavy atom. The van der Waals surface area contributed by atoms with Gasteiger partial charge >= 0.3 is 0 Å². The van der Waals surface area contributed by atoms with Crippen LogP contribution < -0.4 is 10.0 Å². The van der Waals surface area contributed by atoms with Gasteiger partial charge in [-0.25, -0.2) is 13.1 Å². The van der Waals surface area contributed by atoms with Gasteiger partial charge in [0.1, 0.15) is 0 Å². The molecule has 0 saturated heterocycles. The topological polar surface area (TPSA) is 95.5 Å². The van der Waals surface area contributed by atoms with Crippen LogP contribution in [0.1, 0.15) is 17.3 Å². The Kier molecular flexibility index (Phi) is 4.83. The lowest BCUT2D eigenvalue weighted by molar-refractivity contribution is 0.0963. The third-order valence-corrected chi connectivity index (χ3v) is 3.66. The minimum atomic E-state index is -3.65. The highest BCUT2D eigenvalue weighted by Crippen LogP contribution is 2.10. The molecule has 1 aromatic carbocycles. The minimum absolute atomic E-state index is 0.0517. The molecule has 0 saturated carbocycles. The predicted molar refractivity (Wildman–Crippen MR) is 66.7 cm³/mol. The summed E-state index contributed by atoms with van der Waals surface area (Å²) in [6, 6.07) is 5.54. The Balaban J connectivity index is 2.87. The number of rotatable bonds is 5. The largest absolute Gasteiger partial charge is 0.392 e. The zero-order valence-corrected chi connectivity index (χ0v) is 11.0. The average molecular weight is 272 g/mol. The van der Waals surface area contributed by atoms with Crippen molar-refractivity contribution in [1.29, 1.82) is 0 Å². The average Bonchev–Trinajstić information content (AvgIpc) is 2.36. The number of carbonyl (C=O) groups excluding carboxylic acids is 1. The molecule has 18 heavy (non-hydrogen) atoms. The van der Waals surface area contributed by atoms with Crippen molar-refractivity contribution in [2.24, 2.45) is 0 Å². The van der Waals surface area contributed by atoms with E-state index in [2.05, 4.69) is 10.0 Å². The molecule has 0 aliphatic heterocycles. The van der Waals surface area contributed by atoms with Crippen LogP contribution in [-0.4, -0.2) is 39.1 Å². The first kappa shape index (κ1) is 14.6. The smallest absolute Gasteiger partial charge is 0.251 e. The summed E-state index contributed by atoms with van der Waals surface area (Å²) < 4.78 is 25.8. The molecule has 0 aromatic heterocycles. The maximum Gasteiger partial charge on any atom is 0.251 e. The van der Waals surface area contributed by atoms with Crippen LogP contribution in [0.15, 0.2) is 29.2 Å². The first-order valence-electron chi connectivity index (χ1n) is 5.36. The second-order valence-corrected chi connectivity index (χ2v) is 5.57. The molecule has 0 radical (unpaired) electrons. The molecular formula is C11H16N2O4S. The van der Waals surface area contributed by atoms with E-state index in [1.807, 2.05) is 0 Å². The third-order valence-electron chi connectivity index (χ3n) is 2.22. The van der Waals surface area contributed by atoms with Crippen LogP contribution in [0.3, 0.4) is 0 Å². The van der Waals surface area contributed by atoms with Crippen molar-refractivity contribution in [3.05, 3.63) is 29.8 Å². The Labute approximate surface area is 106 Å². The van der Waals surface area contributed by atoms with E-state index in [-0.39, 0.29) is 17.3 Å². The normalized spacial score (nSPS) is 13.1. The van der Waals surface area contributed by atoms with E-state index in [1.165, 1.54) is 38.2 Å². The van der Waals surface area contributed by atoms with Gasteiger partial charge in [-0.3, -0.25) is 4.79 Å². The lowest BCUT2D eigenvalue weighted by Crippen LogP contribution is -2.30. The standard InChI is InChI=1S/C11H16N2O4S/c1-8(14)7-13-18(16,17)10-5-3-9(4-6-10)11(15)12-2/h3-6,8,13-14H,7H2,1-2H3,(H,12,15)/t8-/m0/s1. The molecule has 0 unspecified atom stereocenters. The van der Waals surface area contributed by atoms with Gasteiger partial charge in [-0.05, 0) is 31.2 Å². The number of amides is 1. The number of carbonyl (C=O) groups is 1. The summed E-state index contributed by atoms with van der Waals surface area (Å²) >= 11 is 0. The zero-order valence-electron chi connectivity index (χ0n) is 10.2. The lowest BCUT2D eigenvalue weighted by atomic mass is 10.2. The van der Waals surface area contributed by atoms with Gasteiger partial charge in [0.2, 0.25) is 10.0 Å². The van der Waals surface area contributed by atoms with Gasteiger partial charge < -0.3 is 10.4 Å². The van der Waals surface area contributed by atoms with Crippen LogP contribution in [-0.2, 0) is 10.0 Å². The van der Waals surface area contributed by atoms with E-state index in [4.69, 9.17) is 5.11 Å². The highest BCUT2D eigenvalue weighted by atomic mass is 32.2. The quantitative estimate of drug-likeness (QED) is 0.686. The number of benzene rings is 1. The molecule has 1 amide bonds. The van der Waals surface area contributed by atoms with Crippen LogP contribution in [0.25, 0.3) is 0 Å². The fraction of sp³-hybridized carbons (Fsp3) is 0.364. The monoisotopic (exact) mass is 272 g/mol. The predicted octanol–water partition coefficient (Wildman–Crippen LogP) is -0.295. The molecule has 0 heterocycles. The summed E-state index contributed by atoms with van der Waals surface area (Å²) in [5, 5.41) is 11.5. The van der Waals surface area contributed by atoms with Crippen molar-refractivity contribution in [3.63, 3.8) is 0 Å². The molecule has 0 spiro atoms.